The monoisotopic (exact) mass is 242 g/mol. The minimum atomic E-state index is -0.942. The summed E-state index contributed by atoms with van der Waals surface area (Å²) in [7, 11) is 0. The number of carboxylic acid groups (broad SMARTS) is 1. The number of carbonyl (C=O) groups excluding carboxylic acids is 1. The Labute approximate surface area is 100 Å². The fraction of sp³-hybridized carbons (Fsp3) is 0.636. The number of aliphatic carboxylic acids is 1. The van der Waals surface area contributed by atoms with Gasteiger partial charge in [0.05, 0.1) is 6.10 Å². The van der Waals surface area contributed by atoms with Gasteiger partial charge in [0, 0.05) is 13.1 Å². The minimum absolute atomic E-state index is 0.207. The van der Waals surface area contributed by atoms with Crippen molar-refractivity contribution in [3.05, 3.63) is 12.7 Å². The molecule has 2 unspecified atom stereocenters. The van der Waals surface area contributed by atoms with Crippen LogP contribution in [0.15, 0.2) is 12.7 Å². The van der Waals surface area contributed by atoms with Crippen molar-refractivity contribution < 1.29 is 19.4 Å². The topological polar surface area (TPSA) is 87.7 Å². The van der Waals surface area contributed by atoms with Crippen LogP contribution in [0.3, 0.4) is 0 Å². The average Bonchev–Trinajstić information content (AvgIpc) is 2.75. The summed E-state index contributed by atoms with van der Waals surface area (Å²) in [6.07, 6.45) is 2.66. The molecular formula is C11H18N2O4. The second-order valence-electron chi connectivity index (χ2n) is 3.88. The lowest BCUT2D eigenvalue weighted by molar-refractivity contribution is -0.149. The van der Waals surface area contributed by atoms with Crippen molar-refractivity contribution in [1.29, 1.82) is 0 Å². The third kappa shape index (κ3) is 4.86. The maximum Gasteiger partial charge on any atom is 0.332 e. The Morgan fingerprint density at radius 1 is 1.41 bits per heavy atom. The quantitative estimate of drug-likeness (QED) is 0.467. The second kappa shape index (κ2) is 6.90. The molecule has 1 fully saturated rings. The van der Waals surface area contributed by atoms with Crippen LogP contribution in [0.2, 0.25) is 0 Å². The van der Waals surface area contributed by atoms with Crippen molar-refractivity contribution in [2.45, 2.75) is 31.5 Å². The molecule has 2 amide bonds. The van der Waals surface area contributed by atoms with Crippen molar-refractivity contribution in [2.75, 3.05) is 13.1 Å². The van der Waals surface area contributed by atoms with E-state index in [-0.39, 0.29) is 12.1 Å². The SMILES string of the molecule is C=CCCNC(=O)NCC1CCC(C(=O)O)O1. The lowest BCUT2D eigenvalue weighted by atomic mass is 10.2. The molecule has 1 saturated heterocycles. The van der Waals surface area contributed by atoms with Crippen LogP contribution in [-0.2, 0) is 9.53 Å². The van der Waals surface area contributed by atoms with Gasteiger partial charge in [-0.15, -0.1) is 6.58 Å². The molecule has 1 aliphatic heterocycles. The maximum absolute atomic E-state index is 11.3. The van der Waals surface area contributed by atoms with Gasteiger partial charge in [-0.05, 0) is 19.3 Å². The molecule has 2 atom stereocenters. The Balaban J connectivity index is 2.12. The predicted molar refractivity (Wildman–Crippen MR) is 61.7 cm³/mol. The summed E-state index contributed by atoms with van der Waals surface area (Å²) in [4.78, 5) is 21.9. The van der Waals surface area contributed by atoms with E-state index < -0.39 is 12.1 Å². The fourth-order valence-corrected chi connectivity index (χ4v) is 1.59. The van der Waals surface area contributed by atoms with Crippen molar-refractivity contribution in [3.8, 4) is 0 Å². The van der Waals surface area contributed by atoms with Gasteiger partial charge in [0.15, 0.2) is 6.10 Å². The van der Waals surface area contributed by atoms with Crippen molar-refractivity contribution in [2.24, 2.45) is 0 Å². The van der Waals surface area contributed by atoms with Gasteiger partial charge < -0.3 is 20.5 Å². The number of hydrogen-bond donors (Lipinski definition) is 3. The normalized spacial score (nSPS) is 23.1. The van der Waals surface area contributed by atoms with Crippen LogP contribution in [0.1, 0.15) is 19.3 Å². The number of amides is 2. The molecule has 0 saturated carbocycles. The van der Waals surface area contributed by atoms with Gasteiger partial charge in [-0.1, -0.05) is 6.08 Å². The maximum atomic E-state index is 11.3. The van der Waals surface area contributed by atoms with E-state index in [1.165, 1.54) is 0 Å². The Bertz CT molecular complexity index is 293. The number of carboxylic acids is 1. The zero-order valence-electron chi connectivity index (χ0n) is 9.65. The van der Waals surface area contributed by atoms with Gasteiger partial charge in [-0.3, -0.25) is 0 Å². The molecule has 0 aromatic carbocycles. The molecule has 6 nitrogen and oxygen atoms in total. The van der Waals surface area contributed by atoms with Crippen LogP contribution in [-0.4, -0.2) is 42.4 Å². The van der Waals surface area contributed by atoms with Crippen molar-refractivity contribution >= 4 is 12.0 Å². The first-order valence-corrected chi connectivity index (χ1v) is 5.64. The summed E-state index contributed by atoms with van der Waals surface area (Å²) in [6, 6.07) is -0.269. The van der Waals surface area contributed by atoms with Gasteiger partial charge in [0.1, 0.15) is 0 Å². The summed E-state index contributed by atoms with van der Waals surface area (Å²) < 4.78 is 5.24. The van der Waals surface area contributed by atoms with Crippen LogP contribution in [0.25, 0.3) is 0 Å². The number of nitrogens with one attached hydrogen (secondary N) is 2. The lowest BCUT2D eigenvalue weighted by Gasteiger charge is -2.12. The van der Waals surface area contributed by atoms with Gasteiger partial charge in [0.2, 0.25) is 0 Å². The molecule has 17 heavy (non-hydrogen) atoms. The van der Waals surface area contributed by atoms with E-state index in [2.05, 4.69) is 17.2 Å². The van der Waals surface area contributed by atoms with Crippen LogP contribution >= 0.6 is 0 Å². The molecule has 6 heteroatoms. The van der Waals surface area contributed by atoms with Crippen LogP contribution in [0.5, 0.6) is 0 Å². The molecule has 0 aromatic heterocycles. The van der Waals surface area contributed by atoms with E-state index in [9.17, 15) is 9.59 Å². The highest BCUT2D eigenvalue weighted by atomic mass is 16.5. The summed E-state index contributed by atoms with van der Waals surface area (Å²) in [5, 5.41) is 14.0. The van der Waals surface area contributed by atoms with Gasteiger partial charge in [-0.2, -0.15) is 0 Å². The largest absolute Gasteiger partial charge is 0.479 e. The smallest absolute Gasteiger partial charge is 0.332 e. The standard InChI is InChI=1S/C11H18N2O4/c1-2-3-6-12-11(16)13-7-8-4-5-9(17-8)10(14)15/h2,8-9H,1,3-7H2,(H,14,15)(H2,12,13,16). The fourth-order valence-electron chi connectivity index (χ4n) is 1.59. The van der Waals surface area contributed by atoms with Crippen LogP contribution < -0.4 is 10.6 Å². The van der Waals surface area contributed by atoms with E-state index in [1.807, 2.05) is 0 Å². The highest BCUT2D eigenvalue weighted by molar-refractivity contribution is 5.74. The molecule has 0 aliphatic carbocycles. The Kier molecular flexibility index (Phi) is 5.48. The first kappa shape index (κ1) is 13.5. The predicted octanol–water partition coefficient (Wildman–Crippen LogP) is 0.494. The Morgan fingerprint density at radius 3 is 2.76 bits per heavy atom. The molecule has 96 valence electrons. The molecule has 1 heterocycles. The van der Waals surface area contributed by atoms with Crippen LogP contribution in [0.4, 0.5) is 4.79 Å². The summed E-state index contributed by atoms with van der Waals surface area (Å²) >= 11 is 0. The summed E-state index contributed by atoms with van der Waals surface area (Å²) in [6.45, 7) is 4.42. The molecule has 1 rings (SSSR count). The highest BCUT2D eigenvalue weighted by Crippen LogP contribution is 2.18. The first-order valence-electron chi connectivity index (χ1n) is 5.64. The number of hydrogen-bond acceptors (Lipinski definition) is 3. The molecule has 0 radical (unpaired) electrons. The Morgan fingerprint density at radius 2 is 2.18 bits per heavy atom. The lowest BCUT2D eigenvalue weighted by Crippen LogP contribution is -2.40. The molecule has 0 aromatic rings. The minimum Gasteiger partial charge on any atom is -0.479 e. The third-order valence-corrected chi connectivity index (χ3v) is 2.51. The molecular weight excluding hydrogens is 224 g/mol. The summed E-state index contributed by atoms with van der Waals surface area (Å²) in [5.41, 5.74) is 0. The van der Waals surface area contributed by atoms with E-state index in [0.29, 0.717) is 32.4 Å². The van der Waals surface area contributed by atoms with E-state index in [1.54, 1.807) is 6.08 Å². The molecule has 0 spiro atoms. The van der Waals surface area contributed by atoms with Crippen LogP contribution in [0, 0.1) is 0 Å². The number of urea groups is 1. The molecule has 1 aliphatic rings. The third-order valence-electron chi connectivity index (χ3n) is 2.51. The number of ether oxygens (including phenoxy) is 1. The van der Waals surface area contributed by atoms with E-state index in [0.717, 1.165) is 0 Å². The zero-order chi connectivity index (χ0) is 12.7. The number of rotatable bonds is 6. The van der Waals surface area contributed by atoms with Gasteiger partial charge >= 0.3 is 12.0 Å². The second-order valence-corrected chi connectivity index (χ2v) is 3.88. The van der Waals surface area contributed by atoms with Gasteiger partial charge in [0.25, 0.3) is 0 Å². The van der Waals surface area contributed by atoms with E-state index in [4.69, 9.17) is 9.84 Å². The Hall–Kier alpha value is -1.56. The van der Waals surface area contributed by atoms with Crippen molar-refractivity contribution in [3.63, 3.8) is 0 Å². The summed E-state index contributed by atoms with van der Waals surface area (Å²) in [5.74, 6) is -0.942. The van der Waals surface area contributed by atoms with E-state index >= 15 is 0 Å². The molecule has 0 bridgehead atoms. The molecule has 3 N–H and O–H groups in total. The zero-order valence-corrected chi connectivity index (χ0v) is 9.65. The average molecular weight is 242 g/mol. The van der Waals surface area contributed by atoms with Crippen molar-refractivity contribution in [1.82, 2.24) is 10.6 Å². The first-order chi connectivity index (χ1) is 8.13. The number of carbonyl (C=O) groups is 2. The highest BCUT2D eigenvalue weighted by Gasteiger charge is 2.30. The van der Waals surface area contributed by atoms with Gasteiger partial charge in [-0.25, -0.2) is 9.59 Å².